The molecule has 1 aromatic rings. The largest absolute Gasteiger partial charge is 0.465 e. The Hall–Kier alpha value is -2.97. The number of carboxylic acid groups (broad SMARTS) is 1. The molecule has 4 amide bonds. The van der Waals surface area contributed by atoms with Gasteiger partial charge in [0, 0.05) is 31.6 Å². The van der Waals surface area contributed by atoms with E-state index in [2.05, 4.69) is 5.32 Å². The summed E-state index contributed by atoms with van der Waals surface area (Å²) in [6.07, 6.45) is 0.538. The molecule has 2 fully saturated rings. The van der Waals surface area contributed by atoms with Crippen molar-refractivity contribution in [1.29, 1.82) is 0 Å². The van der Waals surface area contributed by atoms with Gasteiger partial charge in [-0.25, -0.2) is 9.18 Å². The van der Waals surface area contributed by atoms with Crippen molar-refractivity contribution in [1.82, 2.24) is 15.1 Å². The first kappa shape index (κ1) is 18.4. The normalized spacial score (nSPS) is 23.0. The Balaban J connectivity index is 1.60. The van der Waals surface area contributed by atoms with Gasteiger partial charge in [-0.1, -0.05) is 0 Å². The third-order valence-corrected chi connectivity index (χ3v) is 5.86. The molecule has 8 nitrogen and oxygen atoms in total. The Bertz CT molecular complexity index is 879. The van der Waals surface area contributed by atoms with Crippen molar-refractivity contribution in [3.63, 3.8) is 0 Å². The fourth-order valence-electron chi connectivity index (χ4n) is 4.40. The van der Waals surface area contributed by atoms with E-state index < -0.39 is 29.8 Å². The van der Waals surface area contributed by atoms with Crippen molar-refractivity contribution in [2.24, 2.45) is 0 Å². The van der Waals surface area contributed by atoms with Crippen LogP contribution in [0.4, 0.5) is 9.18 Å². The highest BCUT2D eigenvalue weighted by molar-refractivity contribution is 6.05. The van der Waals surface area contributed by atoms with E-state index in [1.807, 2.05) is 0 Å². The predicted molar refractivity (Wildman–Crippen MR) is 94.0 cm³/mol. The average Bonchev–Trinajstić information content (AvgIpc) is 2.98. The van der Waals surface area contributed by atoms with Crippen LogP contribution in [0.5, 0.6) is 0 Å². The quantitative estimate of drug-likeness (QED) is 0.745. The number of fused-ring (bicyclic) bond motifs is 1. The summed E-state index contributed by atoms with van der Waals surface area (Å²) in [5, 5.41) is 11.4. The highest BCUT2D eigenvalue weighted by Gasteiger charge is 2.41. The van der Waals surface area contributed by atoms with E-state index in [4.69, 9.17) is 5.11 Å². The molecule has 148 valence electrons. The smallest absolute Gasteiger partial charge is 0.407 e. The van der Waals surface area contributed by atoms with Crippen LogP contribution < -0.4 is 5.32 Å². The fraction of sp³-hybridized carbons (Fsp3) is 0.474. The molecule has 2 N–H and O–H groups in total. The summed E-state index contributed by atoms with van der Waals surface area (Å²) in [5.74, 6) is -1.84. The SMILES string of the molecule is O=C1CCC(N2Cc3c(cc(F)cc3C3CCN(C(=O)O)CC3)C2=O)C(=O)N1. The number of halogens is 1. The molecule has 1 atom stereocenters. The molecule has 3 aliphatic heterocycles. The average molecular weight is 389 g/mol. The Morgan fingerprint density at radius 3 is 2.50 bits per heavy atom. The maximum atomic E-state index is 14.3. The van der Waals surface area contributed by atoms with Crippen LogP contribution in [0.3, 0.4) is 0 Å². The number of likely N-dealkylation sites (tertiary alicyclic amines) is 1. The van der Waals surface area contributed by atoms with Gasteiger partial charge in [0.15, 0.2) is 0 Å². The van der Waals surface area contributed by atoms with Crippen molar-refractivity contribution < 1.29 is 28.7 Å². The van der Waals surface area contributed by atoms with Crippen LogP contribution in [0.25, 0.3) is 0 Å². The van der Waals surface area contributed by atoms with Gasteiger partial charge in [-0.2, -0.15) is 0 Å². The Morgan fingerprint density at radius 2 is 1.86 bits per heavy atom. The first-order valence-corrected chi connectivity index (χ1v) is 9.30. The van der Waals surface area contributed by atoms with Gasteiger partial charge in [0.05, 0.1) is 0 Å². The fourth-order valence-corrected chi connectivity index (χ4v) is 4.40. The van der Waals surface area contributed by atoms with Gasteiger partial charge in [0.1, 0.15) is 11.9 Å². The van der Waals surface area contributed by atoms with Gasteiger partial charge in [-0.05, 0) is 48.4 Å². The Morgan fingerprint density at radius 1 is 1.14 bits per heavy atom. The van der Waals surface area contributed by atoms with Crippen LogP contribution in [0.2, 0.25) is 0 Å². The van der Waals surface area contributed by atoms with Gasteiger partial charge in [-0.3, -0.25) is 19.7 Å². The number of benzene rings is 1. The number of hydrogen-bond donors (Lipinski definition) is 2. The Kier molecular flexibility index (Phi) is 4.52. The highest BCUT2D eigenvalue weighted by Crippen LogP contribution is 2.37. The van der Waals surface area contributed by atoms with Crippen molar-refractivity contribution in [2.45, 2.75) is 44.2 Å². The molecule has 2 saturated heterocycles. The number of nitrogens with one attached hydrogen (secondary N) is 1. The highest BCUT2D eigenvalue weighted by atomic mass is 19.1. The number of rotatable bonds is 2. The predicted octanol–water partition coefficient (Wildman–Crippen LogP) is 1.44. The van der Waals surface area contributed by atoms with Crippen LogP contribution in [0.15, 0.2) is 12.1 Å². The molecule has 0 aliphatic carbocycles. The zero-order valence-corrected chi connectivity index (χ0v) is 15.1. The van der Waals surface area contributed by atoms with Gasteiger partial charge >= 0.3 is 6.09 Å². The second kappa shape index (κ2) is 6.88. The Labute approximate surface area is 160 Å². The third-order valence-electron chi connectivity index (χ3n) is 5.86. The van der Waals surface area contributed by atoms with E-state index in [9.17, 15) is 23.6 Å². The van der Waals surface area contributed by atoms with Gasteiger partial charge in [-0.15, -0.1) is 0 Å². The summed E-state index contributed by atoms with van der Waals surface area (Å²) in [4.78, 5) is 50.3. The summed E-state index contributed by atoms with van der Waals surface area (Å²) in [5.41, 5.74) is 1.66. The minimum atomic E-state index is -0.970. The minimum Gasteiger partial charge on any atom is -0.465 e. The van der Waals surface area contributed by atoms with Gasteiger partial charge in [0.2, 0.25) is 11.8 Å². The molecule has 9 heteroatoms. The van der Waals surface area contributed by atoms with Gasteiger partial charge < -0.3 is 14.9 Å². The summed E-state index contributed by atoms with van der Waals surface area (Å²) < 4.78 is 14.3. The van der Waals surface area contributed by atoms with Crippen molar-refractivity contribution in [3.05, 3.63) is 34.6 Å². The lowest BCUT2D eigenvalue weighted by Crippen LogP contribution is -2.52. The van der Waals surface area contributed by atoms with Crippen LogP contribution >= 0.6 is 0 Å². The van der Waals surface area contributed by atoms with E-state index >= 15 is 0 Å². The van der Waals surface area contributed by atoms with Crippen molar-refractivity contribution in [2.75, 3.05) is 13.1 Å². The maximum absolute atomic E-state index is 14.3. The lowest BCUT2D eigenvalue weighted by atomic mass is 9.85. The zero-order chi connectivity index (χ0) is 20.0. The number of nitrogens with zero attached hydrogens (tertiary/aromatic N) is 2. The zero-order valence-electron chi connectivity index (χ0n) is 15.1. The molecule has 3 heterocycles. The van der Waals surface area contributed by atoms with Crippen molar-refractivity contribution >= 4 is 23.8 Å². The first-order chi connectivity index (χ1) is 13.3. The van der Waals surface area contributed by atoms with Gasteiger partial charge in [0.25, 0.3) is 5.91 Å². The lowest BCUT2D eigenvalue weighted by Gasteiger charge is -2.31. The van der Waals surface area contributed by atoms with E-state index in [1.165, 1.54) is 21.9 Å². The molecule has 28 heavy (non-hydrogen) atoms. The number of amides is 4. The van der Waals surface area contributed by atoms with E-state index in [1.54, 1.807) is 0 Å². The summed E-state index contributed by atoms with van der Waals surface area (Å²) >= 11 is 0. The summed E-state index contributed by atoms with van der Waals surface area (Å²) in [6.45, 7) is 0.904. The van der Waals surface area contributed by atoms with Crippen LogP contribution in [-0.2, 0) is 16.1 Å². The maximum Gasteiger partial charge on any atom is 0.407 e. The number of imide groups is 1. The minimum absolute atomic E-state index is 0.0467. The molecular formula is C19H20FN3O5. The van der Waals surface area contributed by atoms with Crippen LogP contribution in [0.1, 0.15) is 53.1 Å². The molecule has 0 saturated carbocycles. The first-order valence-electron chi connectivity index (χ1n) is 9.30. The molecule has 0 radical (unpaired) electrons. The number of carbonyl (C=O) groups excluding carboxylic acids is 3. The van der Waals surface area contributed by atoms with Crippen LogP contribution in [0, 0.1) is 5.82 Å². The second-order valence-corrected chi connectivity index (χ2v) is 7.46. The van der Waals surface area contributed by atoms with Crippen molar-refractivity contribution in [3.8, 4) is 0 Å². The van der Waals surface area contributed by atoms with E-state index in [0.29, 0.717) is 37.1 Å². The molecule has 0 bridgehead atoms. The molecule has 1 unspecified atom stereocenters. The second-order valence-electron chi connectivity index (χ2n) is 7.46. The standard InChI is InChI=1S/C19H20FN3O5/c20-11-7-12(10-3-5-22(6-4-10)19(27)28)14-9-23(18(26)13(14)8-11)15-1-2-16(24)21-17(15)25/h7-8,10,15H,1-6,9H2,(H,27,28)(H,21,24,25). The molecule has 1 aromatic carbocycles. The monoisotopic (exact) mass is 389 g/mol. The molecular weight excluding hydrogens is 369 g/mol. The number of piperidine rings is 2. The third kappa shape index (κ3) is 3.10. The summed E-state index contributed by atoms with van der Waals surface area (Å²) in [6, 6.07) is 1.86. The molecule has 0 aromatic heterocycles. The number of hydrogen-bond acceptors (Lipinski definition) is 4. The summed E-state index contributed by atoms with van der Waals surface area (Å²) in [7, 11) is 0. The molecule has 3 aliphatic rings. The lowest BCUT2D eigenvalue weighted by molar-refractivity contribution is -0.136. The topological polar surface area (TPSA) is 107 Å². The molecule has 4 rings (SSSR count). The van der Waals surface area contributed by atoms with E-state index in [0.717, 1.165) is 0 Å². The van der Waals surface area contributed by atoms with Crippen LogP contribution in [-0.4, -0.2) is 57.9 Å². The number of carbonyl (C=O) groups is 4. The molecule has 0 spiro atoms. The van der Waals surface area contributed by atoms with E-state index in [-0.39, 0.29) is 36.8 Å².